The van der Waals surface area contributed by atoms with Gasteiger partial charge in [-0.25, -0.2) is 0 Å². The lowest BCUT2D eigenvalue weighted by molar-refractivity contribution is -0.0806. The average Bonchev–Trinajstić information content (AvgIpc) is 2.87. The normalized spacial score (nSPS) is 24.7. The van der Waals surface area contributed by atoms with Crippen molar-refractivity contribution < 1.29 is 14.1 Å². The van der Waals surface area contributed by atoms with Crippen LogP contribution in [-0.2, 0) is 4.74 Å². The Bertz CT molecular complexity index is 676. The van der Waals surface area contributed by atoms with E-state index in [9.17, 15) is 4.79 Å². The molecule has 0 spiro atoms. The third kappa shape index (κ3) is 2.77. The van der Waals surface area contributed by atoms with Gasteiger partial charge in [0.15, 0.2) is 0 Å². The van der Waals surface area contributed by atoms with Crippen LogP contribution >= 0.6 is 0 Å². The number of nitrogens with zero attached hydrogens (tertiary/aromatic N) is 2. The number of rotatable bonds is 2. The number of benzene rings is 1. The number of amides is 1. The van der Waals surface area contributed by atoms with Crippen LogP contribution in [0, 0.1) is 13.8 Å². The number of morpholine rings is 1. The molecule has 3 atom stereocenters. The number of hydrogen-bond donors (Lipinski definition) is 0. The molecule has 2 aromatic rings. The van der Waals surface area contributed by atoms with E-state index in [0.717, 1.165) is 5.56 Å². The van der Waals surface area contributed by atoms with Crippen LogP contribution in [0.5, 0.6) is 0 Å². The van der Waals surface area contributed by atoms with Crippen LogP contribution in [0.1, 0.15) is 47.3 Å². The van der Waals surface area contributed by atoms with Crippen LogP contribution in [0.25, 0.3) is 0 Å². The summed E-state index contributed by atoms with van der Waals surface area (Å²) in [6, 6.07) is 9.97. The van der Waals surface area contributed by atoms with E-state index in [-0.39, 0.29) is 24.1 Å². The van der Waals surface area contributed by atoms with E-state index >= 15 is 0 Å². The average molecular weight is 314 g/mol. The molecule has 0 unspecified atom stereocenters. The highest BCUT2D eigenvalue weighted by Crippen LogP contribution is 2.32. The smallest absolute Gasteiger partial charge is 0.260 e. The van der Waals surface area contributed by atoms with E-state index in [1.165, 1.54) is 0 Å². The number of carbonyl (C=O) groups excluding carboxylic acids is 1. The summed E-state index contributed by atoms with van der Waals surface area (Å²) < 4.78 is 11.2. The number of ether oxygens (including phenoxy) is 1. The Morgan fingerprint density at radius 2 is 1.91 bits per heavy atom. The highest BCUT2D eigenvalue weighted by Gasteiger charge is 2.39. The van der Waals surface area contributed by atoms with Gasteiger partial charge in [-0.3, -0.25) is 4.79 Å². The summed E-state index contributed by atoms with van der Waals surface area (Å²) in [6.45, 7) is 8.13. The summed E-state index contributed by atoms with van der Waals surface area (Å²) in [4.78, 5) is 15.0. The maximum atomic E-state index is 13.1. The zero-order chi connectivity index (χ0) is 16.6. The van der Waals surface area contributed by atoms with E-state index < -0.39 is 0 Å². The van der Waals surface area contributed by atoms with Crippen LogP contribution < -0.4 is 0 Å². The first-order chi connectivity index (χ1) is 11.0. The molecule has 0 N–H and O–H groups in total. The summed E-state index contributed by atoms with van der Waals surface area (Å²) in [5.74, 6) is 0.528. The molecule has 1 aromatic carbocycles. The second-order valence-corrected chi connectivity index (χ2v) is 6.17. The van der Waals surface area contributed by atoms with E-state index in [0.29, 0.717) is 23.6 Å². The van der Waals surface area contributed by atoms with Crippen LogP contribution in [0.4, 0.5) is 0 Å². The monoisotopic (exact) mass is 314 g/mol. The molecule has 122 valence electrons. The largest absolute Gasteiger partial charge is 0.369 e. The van der Waals surface area contributed by atoms with Crippen LogP contribution in [0.2, 0.25) is 0 Å². The zero-order valence-electron chi connectivity index (χ0n) is 13.9. The molecule has 1 fully saturated rings. The Hall–Kier alpha value is -2.14. The Labute approximate surface area is 136 Å². The van der Waals surface area contributed by atoms with Gasteiger partial charge in [-0.05, 0) is 33.3 Å². The Morgan fingerprint density at radius 3 is 2.52 bits per heavy atom. The van der Waals surface area contributed by atoms with E-state index in [4.69, 9.17) is 9.26 Å². The Kier molecular flexibility index (Phi) is 4.22. The van der Waals surface area contributed by atoms with Crippen LogP contribution in [0.15, 0.2) is 34.9 Å². The van der Waals surface area contributed by atoms with Gasteiger partial charge in [-0.15, -0.1) is 0 Å². The van der Waals surface area contributed by atoms with Crippen molar-refractivity contribution in [3.8, 4) is 0 Å². The molecule has 0 bridgehead atoms. The molecule has 1 aliphatic rings. The molecule has 5 nitrogen and oxygen atoms in total. The topological polar surface area (TPSA) is 55.6 Å². The van der Waals surface area contributed by atoms with Gasteiger partial charge in [-0.2, -0.15) is 0 Å². The first kappa shape index (κ1) is 15.7. The minimum absolute atomic E-state index is 0.00571. The molecule has 2 heterocycles. The Morgan fingerprint density at radius 1 is 1.22 bits per heavy atom. The quantitative estimate of drug-likeness (QED) is 0.853. The Balaban J connectivity index is 1.92. The fraction of sp³-hybridized carbons (Fsp3) is 0.444. The van der Waals surface area contributed by atoms with Crippen molar-refractivity contribution >= 4 is 5.91 Å². The first-order valence-electron chi connectivity index (χ1n) is 7.92. The second-order valence-electron chi connectivity index (χ2n) is 6.17. The van der Waals surface area contributed by atoms with Gasteiger partial charge >= 0.3 is 0 Å². The predicted molar refractivity (Wildman–Crippen MR) is 86.2 cm³/mol. The minimum Gasteiger partial charge on any atom is -0.369 e. The van der Waals surface area contributed by atoms with Gasteiger partial charge in [0.25, 0.3) is 5.91 Å². The SMILES string of the molecule is Cc1noc(C)c1C(=O)N1[C@@H](C)CO[C@@H](c2ccccc2)[C@@H]1C. The second kappa shape index (κ2) is 6.16. The van der Waals surface area contributed by atoms with Crippen LogP contribution in [0.3, 0.4) is 0 Å². The van der Waals surface area contributed by atoms with Crippen molar-refractivity contribution in [2.45, 2.75) is 45.9 Å². The number of aryl methyl sites for hydroxylation is 2. The molecule has 5 heteroatoms. The summed E-state index contributed by atoms with van der Waals surface area (Å²) in [5, 5.41) is 3.91. The third-order valence-corrected chi connectivity index (χ3v) is 4.48. The van der Waals surface area contributed by atoms with E-state index in [1.54, 1.807) is 13.8 Å². The van der Waals surface area contributed by atoms with Gasteiger partial charge < -0.3 is 14.2 Å². The van der Waals surface area contributed by atoms with Crippen molar-refractivity contribution in [2.75, 3.05) is 6.61 Å². The molecular formula is C18H22N2O3. The lowest BCUT2D eigenvalue weighted by Crippen LogP contribution is -2.53. The van der Waals surface area contributed by atoms with Crippen molar-refractivity contribution in [1.82, 2.24) is 10.1 Å². The fourth-order valence-electron chi connectivity index (χ4n) is 3.33. The highest BCUT2D eigenvalue weighted by molar-refractivity contribution is 5.96. The maximum Gasteiger partial charge on any atom is 0.260 e. The molecule has 1 aromatic heterocycles. The number of hydrogen-bond acceptors (Lipinski definition) is 4. The lowest BCUT2D eigenvalue weighted by atomic mass is 9.97. The van der Waals surface area contributed by atoms with Crippen molar-refractivity contribution in [3.05, 3.63) is 52.9 Å². The minimum atomic E-state index is -0.128. The summed E-state index contributed by atoms with van der Waals surface area (Å²) in [6.07, 6.45) is -0.128. The zero-order valence-corrected chi connectivity index (χ0v) is 13.9. The lowest BCUT2D eigenvalue weighted by Gasteiger charge is -2.43. The third-order valence-electron chi connectivity index (χ3n) is 4.48. The van der Waals surface area contributed by atoms with Gasteiger partial charge in [0.2, 0.25) is 0 Å². The van der Waals surface area contributed by atoms with Gasteiger partial charge in [0, 0.05) is 0 Å². The molecular weight excluding hydrogens is 292 g/mol. The fourth-order valence-corrected chi connectivity index (χ4v) is 3.33. The molecule has 1 saturated heterocycles. The van der Waals surface area contributed by atoms with Crippen LogP contribution in [-0.4, -0.2) is 34.7 Å². The standard InChI is InChI=1S/C18H22N2O3/c1-11-10-22-17(15-8-6-5-7-9-15)13(3)20(11)18(21)16-12(2)19-23-14(16)4/h5-9,11,13,17H,10H2,1-4H3/t11-,13-,17+/m0/s1. The molecule has 23 heavy (non-hydrogen) atoms. The van der Waals surface area contributed by atoms with Crippen molar-refractivity contribution in [3.63, 3.8) is 0 Å². The van der Waals surface area contributed by atoms with E-state index in [1.807, 2.05) is 49.1 Å². The molecule has 0 saturated carbocycles. The summed E-state index contributed by atoms with van der Waals surface area (Å²) in [7, 11) is 0. The maximum absolute atomic E-state index is 13.1. The molecule has 1 aliphatic heterocycles. The number of aromatic nitrogens is 1. The van der Waals surface area contributed by atoms with Gasteiger partial charge in [0.1, 0.15) is 17.4 Å². The molecule has 0 radical (unpaired) electrons. The highest BCUT2D eigenvalue weighted by atomic mass is 16.5. The van der Waals surface area contributed by atoms with Gasteiger partial charge in [0.05, 0.1) is 24.4 Å². The number of carbonyl (C=O) groups is 1. The van der Waals surface area contributed by atoms with E-state index in [2.05, 4.69) is 5.16 Å². The summed E-state index contributed by atoms with van der Waals surface area (Å²) >= 11 is 0. The molecule has 3 rings (SSSR count). The predicted octanol–water partition coefficient (Wildman–Crippen LogP) is 3.28. The van der Waals surface area contributed by atoms with Gasteiger partial charge in [-0.1, -0.05) is 35.5 Å². The van der Waals surface area contributed by atoms with Crippen molar-refractivity contribution in [2.24, 2.45) is 0 Å². The summed E-state index contributed by atoms with van der Waals surface area (Å²) in [5.41, 5.74) is 2.29. The molecule has 0 aliphatic carbocycles. The first-order valence-corrected chi connectivity index (χ1v) is 7.92. The molecule has 1 amide bonds. The van der Waals surface area contributed by atoms with Crippen molar-refractivity contribution in [1.29, 1.82) is 0 Å².